The number of hydrogen-bond acceptors (Lipinski definition) is 5. The van der Waals surface area contributed by atoms with Crippen LogP contribution in [0, 0.1) is 6.92 Å². The van der Waals surface area contributed by atoms with Crippen molar-refractivity contribution in [3.05, 3.63) is 52.2 Å². The first kappa shape index (κ1) is 14.4. The SMILES string of the molecule is Cc1nc([C@@H]2COCCN2C(=O)c2cc3ccccc3o2)cs1. The first-order valence-electron chi connectivity index (χ1n) is 7.52. The predicted molar refractivity (Wildman–Crippen MR) is 87.7 cm³/mol. The van der Waals surface area contributed by atoms with Gasteiger partial charge >= 0.3 is 0 Å². The van der Waals surface area contributed by atoms with Gasteiger partial charge in [-0.3, -0.25) is 4.79 Å². The fourth-order valence-electron chi connectivity index (χ4n) is 2.85. The Kier molecular flexibility index (Phi) is 3.63. The lowest BCUT2D eigenvalue weighted by atomic mass is 10.1. The molecule has 1 aliphatic heterocycles. The lowest BCUT2D eigenvalue weighted by molar-refractivity contribution is -0.00520. The molecule has 1 fully saturated rings. The van der Waals surface area contributed by atoms with Gasteiger partial charge in [0.2, 0.25) is 0 Å². The predicted octanol–water partition coefficient (Wildman–Crippen LogP) is 3.41. The minimum atomic E-state index is -0.158. The van der Waals surface area contributed by atoms with E-state index in [0.29, 0.717) is 25.5 Å². The number of thiazole rings is 1. The van der Waals surface area contributed by atoms with Crippen molar-refractivity contribution < 1.29 is 13.9 Å². The topological polar surface area (TPSA) is 55.6 Å². The molecule has 2 aromatic heterocycles. The molecule has 0 saturated carbocycles. The van der Waals surface area contributed by atoms with Gasteiger partial charge in [0, 0.05) is 17.3 Å². The second kappa shape index (κ2) is 5.79. The van der Waals surface area contributed by atoms with E-state index in [9.17, 15) is 4.79 Å². The molecule has 1 aliphatic rings. The summed E-state index contributed by atoms with van der Waals surface area (Å²) in [6, 6.07) is 9.28. The van der Waals surface area contributed by atoms with Crippen LogP contribution in [0.3, 0.4) is 0 Å². The Hall–Kier alpha value is -2.18. The first-order chi connectivity index (χ1) is 11.2. The molecule has 0 N–H and O–H groups in total. The maximum absolute atomic E-state index is 12.9. The number of amides is 1. The highest BCUT2D eigenvalue weighted by atomic mass is 32.1. The highest BCUT2D eigenvalue weighted by Crippen LogP contribution is 2.28. The molecule has 6 heteroatoms. The van der Waals surface area contributed by atoms with Crippen molar-refractivity contribution in [1.82, 2.24) is 9.88 Å². The van der Waals surface area contributed by atoms with E-state index < -0.39 is 0 Å². The van der Waals surface area contributed by atoms with Gasteiger partial charge in [0.05, 0.1) is 30.0 Å². The molecule has 4 rings (SSSR count). The van der Waals surface area contributed by atoms with E-state index in [2.05, 4.69) is 4.98 Å². The quantitative estimate of drug-likeness (QED) is 0.723. The molecule has 23 heavy (non-hydrogen) atoms. The zero-order valence-electron chi connectivity index (χ0n) is 12.7. The monoisotopic (exact) mass is 328 g/mol. The zero-order valence-corrected chi connectivity index (χ0v) is 13.5. The summed E-state index contributed by atoms with van der Waals surface area (Å²) < 4.78 is 11.3. The molecule has 3 aromatic rings. The van der Waals surface area contributed by atoms with Gasteiger partial charge in [-0.15, -0.1) is 11.3 Å². The van der Waals surface area contributed by atoms with E-state index in [1.165, 1.54) is 0 Å². The summed E-state index contributed by atoms with van der Waals surface area (Å²) in [5, 5.41) is 3.92. The number of benzene rings is 1. The average molecular weight is 328 g/mol. The number of morpholine rings is 1. The molecule has 0 bridgehead atoms. The van der Waals surface area contributed by atoms with Gasteiger partial charge in [0.25, 0.3) is 5.91 Å². The molecule has 1 amide bonds. The largest absolute Gasteiger partial charge is 0.451 e. The van der Waals surface area contributed by atoms with Crippen molar-refractivity contribution in [2.45, 2.75) is 13.0 Å². The number of carbonyl (C=O) groups excluding carboxylic acids is 1. The summed E-state index contributed by atoms with van der Waals surface area (Å²) >= 11 is 1.58. The number of furan rings is 1. The van der Waals surface area contributed by atoms with E-state index in [4.69, 9.17) is 9.15 Å². The van der Waals surface area contributed by atoms with E-state index in [-0.39, 0.29) is 11.9 Å². The Morgan fingerprint density at radius 1 is 1.39 bits per heavy atom. The molecule has 3 heterocycles. The van der Waals surface area contributed by atoms with Crippen LogP contribution in [0.5, 0.6) is 0 Å². The summed E-state index contributed by atoms with van der Waals surface area (Å²) in [5.41, 5.74) is 1.61. The number of carbonyl (C=O) groups is 1. The van der Waals surface area contributed by atoms with Gasteiger partial charge in [-0.25, -0.2) is 4.98 Å². The Bertz CT molecular complexity index is 821. The third-order valence-electron chi connectivity index (χ3n) is 4.00. The Labute approximate surface area is 137 Å². The van der Waals surface area contributed by atoms with Crippen LogP contribution in [0.15, 0.2) is 40.1 Å². The summed E-state index contributed by atoms with van der Waals surface area (Å²) in [6.07, 6.45) is 0. The molecular formula is C17H16N2O3S. The van der Waals surface area contributed by atoms with Crippen molar-refractivity contribution in [3.8, 4) is 0 Å². The van der Waals surface area contributed by atoms with Crippen LogP contribution < -0.4 is 0 Å². The summed E-state index contributed by atoms with van der Waals surface area (Å²) in [7, 11) is 0. The Morgan fingerprint density at radius 2 is 2.26 bits per heavy atom. The molecule has 0 radical (unpaired) electrons. The van der Waals surface area contributed by atoms with Gasteiger partial charge in [-0.2, -0.15) is 0 Å². The molecule has 5 nitrogen and oxygen atoms in total. The lowest BCUT2D eigenvalue weighted by Crippen LogP contribution is -2.43. The number of para-hydroxylation sites is 1. The maximum atomic E-state index is 12.9. The third-order valence-corrected chi connectivity index (χ3v) is 4.80. The fraction of sp³-hybridized carbons (Fsp3) is 0.294. The Morgan fingerprint density at radius 3 is 3.04 bits per heavy atom. The van der Waals surface area contributed by atoms with Gasteiger partial charge in [-0.05, 0) is 19.1 Å². The van der Waals surface area contributed by atoms with Crippen LogP contribution in [-0.4, -0.2) is 35.5 Å². The van der Waals surface area contributed by atoms with Crippen LogP contribution in [0.2, 0.25) is 0 Å². The van der Waals surface area contributed by atoms with E-state index in [1.807, 2.05) is 36.6 Å². The van der Waals surface area contributed by atoms with Crippen molar-refractivity contribution in [2.24, 2.45) is 0 Å². The number of ether oxygens (including phenoxy) is 1. The highest BCUT2D eigenvalue weighted by molar-refractivity contribution is 7.09. The van der Waals surface area contributed by atoms with Crippen molar-refractivity contribution >= 4 is 28.2 Å². The molecule has 1 atom stereocenters. The number of rotatable bonds is 2. The van der Waals surface area contributed by atoms with Crippen LogP contribution in [0.1, 0.15) is 27.3 Å². The van der Waals surface area contributed by atoms with Crippen molar-refractivity contribution in [2.75, 3.05) is 19.8 Å². The minimum Gasteiger partial charge on any atom is -0.451 e. The number of nitrogens with zero attached hydrogens (tertiary/aromatic N) is 2. The van der Waals surface area contributed by atoms with Gasteiger partial charge in [-0.1, -0.05) is 18.2 Å². The second-order valence-electron chi connectivity index (χ2n) is 5.53. The zero-order chi connectivity index (χ0) is 15.8. The summed E-state index contributed by atoms with van der Waals surface area (Å²) in [5.74, 6) is 0.255. The molecule has 1 saturated heterocycles. The fourth-order valence-corrected chi connectivity index (χ4v) is 3.51. The summed E-state index contributed by atoms with van der Waals surface area (Å²) in [6.45, 7) is 3.50. The molecular weight excluding hydrogens is 312 g/mol. The molecule has 0 unspecified atom stereocenters. The number of aromatic nitrogens is 1. The minimum absolute atomic E-state index is 0.111. The normalized spacial score (nSPS) is 18.5. The van der Waals surface area contributed by atoms with Gasteiger partial charge in [0.15, 0.2) is 5.76 Å². The van der Waals surface area contributed by atoms with E-state index in [0.717, 1.165) is 21.7 Å². The van der Waals surface area contributed by atoms with Crippen molar-refractivity contribution in [1.29, 1.82) is 0 Å². The first-order valence-corrected chi connectivity index (χ1v) is 8.39. The average Bonchev–Trinajstić information content (AvgIpc) is 3.20. The van der Waals surface area contributed by atoms with Crippen LogP contribution in [-0.2, 0) is 4.74 Å². The molecule has 0 spiro atoms. The van der Waals surface area contributed by atoms with Gasteiger partial charge < -0.3 is 14.1 Å². The second-order valence-corrected chi connectivity index (χ2v) is 6.59. The summed E-state index contributed by atoms with van der Waals surface area (Å²) in [4.78, 5) is 19.2. The van der Waals surface area contributed by atoms with Crippen LogP contribution >= 0.6 is 11.3 Å². The van der Waals surface area contributed by atoms with Crippen LogP contribution in [0.25, 0.3) is 11.0 Å². The number of aryl methyl sites for hydroxylation is 1. The molecule has 0 aliphatic carbocycles. The molecule has 118 valence electrons. The highest BCUT2D eigenvalue weighted by Gasteiger charge is 2.32. The lowest BCUT2D eigenvalue weighted by Gasteiger charge is -2.34. The standard InChI is InChI=1S/C17H16N2O3S/c1-11-18-13(10-23-11)14-9-21-7-6-19(14)17(20)16-8-12-4-2-3-5-15(12)22-16/h2-5,8,10,14H,6-7,9H2,1H3/t14-/m0/s1. The number of fused-ring (bicyclic) bond motifs is 1. The van der Waals surface area contributed by atoms with Crippen LogP contribution in [0.4, 0.5) is 0 Å². The smallest absolute Gasteiger partial charge is 0.290 e. The number of hydrogen-bond donors (Lipinski definition) is 0. The van der Waals surface area contributed by atoms with E-state index in [1.54, 1.807) is 22.3 Å². The third kappa shape index (κ3) is 2.64. The molecule has 1 aromatic carbocycles. The van der Waals surface area contributed by atoms with Gasteiger partial charge in [0.1, 0.15) is 5.58 Å². The van der Waals surface area contributed by atoms with E-state index >= 15 is 0 Å². The maximum Gasteiger partial charge on any atom is 0.290 e. The van der Waals surface area contributed by atoms with Crippen molar-refractivity contribution in [3.63, 3.8) is 0 Å². The Balaban J connectivity index is 1.67.